The van der Waals surface area contributed by atoms with Crippen LogP contribution in [0.15, 0.2) is 192 Å². The molecule has 0 N–H and O–H groups in total. The van der Waals surface area contributed by atoms with E-state index in [4.69, 9.17) is 4.42 Å². The van der Waals surface area contributed by atoms with Crippen LogP contribution in [0.25, 0.3) is 76.9 Å². The first-order chi connectivity index (χ1) is 27.1. The molecular weight excluding hydrogens is 667 g/mol. The van der Waals surface area contributed by atoms with Crippen molar-refractivity contribution in [2.75, 3.05) is 4.90 Å². The first-order valence-electron chi connectivity index (χ1n) is 19.1. The second kappa shape index (κ2) is 12.1. The van der Waals surface area contributed by atoms with E-state index in [1.165, 1.54) is 66.1 Å². The van der Waals surface area contributed by atoms with Gasteiger partial charge in [0.1, 0.15) is 11.2 Å². The van der Waals surface area contributed by atoms with Crippen LogP contribution >= 0.6 is 0 Å². The van der Waals surface area contributed by atoms with E-state index in [0.717, 1.165) is 39.0 Å². The van der Waals surface area contributed by atoms with Crippen molar-refractivity contribution >= 4 is 60.5 Å². The van der Waals surface area contributed by atoms with Gasteiger partial charge in [-0.05, 0) is 96.9 Å². The van der Waals surface area contributed by atoms with Crippen LogP contribution in [0, 0.1) is 0 Å². The molecule has 2 heteroatoms. The van der Waals surface area contributed by atoms with Gasteiger partial charge in [0.15, 0.2) is 0 Å². The molecule has 1 heterocycles. The SMILES string of the molecule is CC1(C)c2ccccc2-c2ccc(N(c3cccc(-c4cccc5ccccc45)c3-c3cccc4ccccc34)c3cccc4oc5ccccc5c34)cc21. The Balaban J connectivity index is 1.28. The number of hydrogen-bond donors (Lipinski definition) is 0. The lowest BCUT2D eigenvalue weighted by Crippen LogP contribution is -2.17. The number of furan rings is 1. The maximum atomic E-state index is 6.55. The van der Waals surface area contributed by atoms with Crippen LogP contribution in [0.2, 0.25) is 0 Å². The van der Waals surface area contributed by atoms with Gasteiger partial charge in [-0.2, -0.15) is 0 Å². The third kappa shape index (κ3) is 4.74. The van der Waals surface area contributed by atoms with E-state index in [1.807, 2.05) is 0 Å². The maximum Gasteiger partial charge on any atom is 0.137 e. The smallest absolute Gasteiger partial charge is 0.137 e. The third-order valence-electron chi connectivity index (χ3n) is 11.9. The summed E-state index contributed by atoms with van der Waals surface area (Å²) in [5.41, 5.74) is 15.0. The summed E-state index contributed by atoms with van der Waals surface area (Å²) >= 11 is 0. The van der Waals surface area contributed by atoms with Gasteiger partial charge in [-0.3, -0.25) is 0 Å². The molecule has 1 aliphatic carbocycles. The van der Waals surface area contributed by atoms with Crippen molar-refractivity contribution < 1.29 is 4.42 Å². The number of fused-ring (bicyclic) bond motifs is 8. The number of para-hydroxylation sites is 1. The fourth-order valence-electron chi connectivity index (χ4n) is 9.32. The predicted octanol–water partition coefficient (Wildman–Crippen LogP) is 15.0. The molecule has 260 valence electrons. The zero-order chi connectivity index (χ0) is 36.7. The molecule has 9 aromatic carbocycles. The topological polar surface area (TPSA) is 16.4 Å². The van der Waals surface area contributed by atoms with Gasteiger partial charge in [0.2, 0.25) is 0 Å². The summed E-state index contributed by atoms with van der Waals surface area (Å²) in [6.45, 7) is 4.72. The van der Waals surface area contributed by atoms with Gasteiger partial charge in [-0.1, -0.05) is 166 Å². The fourth-order valence-corrected chi connectivity index (χ4v) is 9.32. The Labute approximate surface area is 320 Å². The Morgan fingerprint density at radius 1 is 0.400 bits per heavy atom. The summed E-state index contributed by atoms with van der Waals surface area (Å²) < 4.78 is 6.55. The molecule has 0 radical (unpaired) electrons. The fraction of sp³-hybridized carbons (Fsp3) is 0.0566. The Kier molecular flexibility index (Phi) is 6.93. The van der Waals surface area contributed by atoms with Crippen LogP contribution in [0.3, 0.4) is 0 Å². The van der Waals surface area contributed by atoms with E-state index in [2.05, 4.69) is 207 Å². The summed E-state index contributed by atoms with van der Waals surface area (Å²) in [6, 6.07) is 68.6. The summed E-state index contributed by atoms with van der Waals surface area (Å²) in [6.07, 6.45) is 0. The highest BCUT2D eigenvalue weighted by molar-refractivity contribution is 6.16. The quantitative estimate of drug-likeness (QED) is 0.177. The van der Waals surface area contributed by atoms with Gasteiger partial charge >= 0.3 is 0 Å². The summed E-state index contributed by atoms with van der Waals surface area (Å²) in [5.74, 6) is 0. The van der Waals surface area contributed by atoms with Gasteiger partial charge in [0.05, 0.1) is 16.8 Å². The van der Waals surface area contributed by atoms with E-state index in [9.17, 15) is 0 Å². The van der Waals surface area contributed by atoms with E-state index >= 15 is 0 Å². The summed E-state index contributed by atoms with van der Waals surface area (Å²) in [4.78, 5) is 2.50. The van der Waals surface area contributed by atoms with Crippen molar-refractivity contribution in [3.05, 3.63) is 199 Å². The molecule has 11 rings (SSSR count). The molecule has 0 unspecified atom stereocenters. The van der Waals surface area contributed by atoms with E-state index in [-0.39, 0.29) is 5.41 Å². The Hall–Kier alpha value is -6.90. The zero-order valence-corrected chi connectivity index (χ0v) is 30.8. The number of nitrogens with zero attached hydrogens (tertiary/aromatic N) is 1. The predicted molar refractivity (Wildman–Crippen MR) is 232 cm³/mol. The van der Waals surface area contributed by atoms with Gasteiger partial charge in [-0.15, -0.1) is 0 Å². The molecule has 10 aromatic rings. The van der Waals surface area contributed by atoms with Crippen molar-refractivity contribution in [1.29, 1.82) is 0 Å². The summed E-state index contributed by atoms with van der Waals surface area (Å²) in [5, 5.41) is 7.09. The van der Waals surface area contributed by atoms with Crippen LogP contribution < -0.4 is 4.90 Å². The molecule has 1 aromatic heterocycles. The van der Waals surface area contributed by atoms with Gasteiger partial charge < -0.3 is 9.32 Å². The Morgan fingerprint density at radius 3 is 1.76 bits per heavy atom. The molecule has 2 nitrogen and oxygen atoms in total. The molecule has 0 saturated heterocycles. The maximum absolute atomic E-state index is 6.55. The molecule has 0 atom stereocenters. The lowest BCUT2D eigenvalue weighted by atomic mass is 9.82. The van der Waals surface area contributed by atoms with Gasteiger partial charge in [-0.25, -0.2) is 0 Å². The standard InChI is InChI=1S/C53H37NO/c1-53(2)45-26-9-7-21-40(45)41-32-31-36(33-46(41)53)54(48-28-14-30-50-52(48)44-22-8-10-29-49(44)55-50)47-27-13-25-43(39-23-11-17-34-15-3-5-19-37(34)39)51(47)42-24-12-18-35-16-4-6-20-38(35)42/h3-33H,1-2H3. The first-order valence-corrected chi connectivity index (χ1v) is 19.1. The highest BCUT2D eigenvalue weighted by atomic mass is 16.3. The van der Waals surface area contributed by atoms with Crippen molar-refractivity contribution in [1.82, 2.24) is 0 Å². The van der Waals surface area contributed by atoms with Gasteiger partial charge in [0, 0.05) is 22.1 Å². The Morgan fingerprint density at radius 2 is 0.945 bits per heavy atom. The van der Waals surface area contributed by atoms with Crippen LogP contribution in [0.1, 0.15) is 25.0 Å². The molecule has 0 saturated carbocycles. The molecule has 55 heavy (non-hydrogen) atoms. The second-order valence-electron chi connectivity index (χ2n) is 15.2. The van der Waals surface area contributed by atoms with Crippen LogP contribution in [-0.4, -0.2) is 0 Å². The monoisotopic (exact) mass is 703 g/mol. The highest BCUT2D eigenvalue weighted by Gasteiger charge is 2.36. The number of anilines is 3. The van der Waals surface area contributed by atoms with Crippen molar-refractivity contribution in [2.24, 2.45) is 0 Å². The zero-order valence-electron chi connectivity index (χ0n) is 30.8. The van der Waals surface area contributed by atoms with Crippen LogP contribution in [-0.2, 0) is 5.41 Å². The molecule has 0 amide bonds. The van der Waals surface area contributed by atoms with E-state index in [1.54, 1.807) is 0 Å². The summed E-state index contributed by atoms with van der Waals surface area (Å²) in [7, 11) is 0. The van der Waals surface area contributed by atoms with Crippen molar-refractivity contribution in [2.45, 2.75) is 19.3 Å². The van der Waals surface area contributed by atoms with Crippen molar-refractivity contribution in [3.63, 3.8) is 0 Å². The molecule has 0 aliphatic heterocycles. The minimum Gasteiger partial charge on any atom is -0.456 e. The van der Waals surface area contributed by atoms with E-state index in [0.29, 0.717) is 0 Å². The number of benzene rings is 9. The van der Waals surface area contributed by atoms with E-state index < -0.39 is 0 Å². The van der Waals surface area contributed by atoms with Crippen LogP contribution in [0.5, 0.6) is 0 Å². The number of rotatable bonds is 5. The first kappa shape index (κ1) is 31.6. The van der Waals surface area contributed by atoms with Gasteiger partial charge in [0.25, 0.3) is 0 Å². The average Bonchev–Trinajstić information content (AvgIpc) is 3.73. The normalized spacial score (nSPS) is 13.1. The van der Waals surface area contributed by atoms with Crippen molar-refractivity contribution in [3.8, 4) is 33.4 Å². The molecule has 1 aliphatic rings. The lowest BCUT2D eigenvalue weighted by molar-refractivity contribution is 0.660. The minimum absolute atomic E-state index is 0.161. The van der Waals surface area contributed by atoms with Crippen LogP contribution in [0.4, 0.5) is 17.1 Å². The minimum atomic E-state index is -0.161. The molecule has 0 spiro atoms. The molecule has 0 fully saturated rings. The highest BCUT2D eigenvalue weighted by Crippen LogP contribution is 2.54. The second-order valence-corrected chi connectivity index (χ2v) is 15.2. The largest absolute Gasteiger partial charge is 0.456 e. The third-order valence-corrected chi connectivity index (χ3v) is 11.9. The average molecular weight is 704 g/mol. The molecular formula is C53H37NO. The lowest BCUT2D eigenvalue weighted by Gasteiger charge is -2.31. The molecule has 0 bridgehead atoms. The number of hydrogen-bond acceptors (Lipinski definition) is 2. The Bertz CT molecular complexity index is 3140.